The lowest BCUT2D eigenvalue weighted by Gasteiger charge is -2.04. The fourth-order valence-corrected chi connectivity index (χ4v) is 5.11. The Balaban J connectivity index is 1.78. The first-order valence-corrected chi connectivity index (χ1v) is 10.1. The number of rotatable bonds is 3. The minimum absolute atomic E-state index is 1.14. The molecule has 1 aromatic heterocycles. The molecule has 0 nitrogen and oxygen atoms in total. The monoisotopic (exact) mass is 352 g/mol. The SMILES string of the molecule is CCC/C=C/c1ccc2c(c1)sc1c2ccc2c3ccccc3ccc21. The molecular formula is C25H20S. The summed E-state index contributed by atoms with van der Waals surface area (Å²) >= 11 is 1.92. The Morgan fingerprint density at radius 2 is 1.54 bits per heavy atom. The molecule has 0 bridgehead atoms. The molecule has 26 heavy (non-hydrogen) atoms. The van der Waals surface area contributed by atoms with Gasteiger partial charge in [0.15, 0.2) is 0 Å². The van der Waals surface area contributed by atoms with Crippen LogP contribution in [-0.4, -0.2) is 0 Å². The van der Waals surface area contributed by atoms with E-state index in [4.69, 9.17) is 0 Å². The Morgan fingerprint density at radius 1 is 0.769 bits per heavy atom. The summed E-state index contributed by atoms with van der Waals surface area (Å²) in [7, 11) is 0. The summed E-state index contributed by atoms with van der Waals surface area (Å²) in [6, 6.07) is 24.7. The molecule has 126 valence electrons. The third kappa shape index (κ3) is 2.43. The summed E-state index contributed by atoms with van der Waals surface area (Å²) in [5.74, 6) is 0. The zero-order valence-corrected chi connectivity index (χ0v) is 15.6. The van der Waals surface area contributed by atoms with Crippen molar-refractivity contribution in [2.75, 3.05) is 0 Å². The third-order valence-corrected chi connectivity index (χ3v) is 6.35. The van der Waals surface area contributed by atoms with E-state index in [1.165, 1.54) is 53.7 Å². The molecule has 0 amide bonds. The molecule has 0 aliphatic heterocycles. The highest BCUT2D eigenvalue weighted by Gasteiger charge is 2.10. The Labute approximate surface area is 157 Å². The third-order valence-electron chi connectivity index (χ3n) is 5.15. The Hall–Kier alpha value is -2.64. The number of thiophene rings is 1. The van der Waals surface area contributed by atoms with Crippen LogP contribution in [0.4, 0.5) is 0 Å². The second kappa shape index (κ2) is 6.26. The molecule has 0 aliphatic carbocycles. The first kappa shape index (κ1) is 15.6. The summed E-state index contributed by atoms with van der Waals surface area (Å²) in [6.45, 7) is 2.22. The molecule has 5 rings (SSSR count). The van der Waals surface area contributed by atoms with Crippen molar-refractivity contribution in [2.45, 2.75) is 19.8 Å². The van der Waals surface area contributed by atoms with Crippen molar-refractivity contribution in [3.8, 4) is 0 Å². The van der Waals surface area contributed by atoms with Crippen molar-refractivity contribution >= 4 is 59.1 Å². The van der Waals surface area contributed by atoms with Crippen molar-refractivity contribution in [3.63, 3.8) is 0 Å². The molecule has 0 N–H and O–H groups in total. The molecular weight excluding hydrogens is 332 g/mol. The van der Waals surface area contributed by atoms with Gasteiger partial charge in [-0.3, -0.25) is 0 Å². The van der Waals surface area contributed by atoms with Crippen molar-refractivity contribution in [3.05, 3.63) is 78.4 Å². The highest BCUT2D eigenvalue weighted by molar-refractivity contribution is 7.26. The van der Waals surface area contributed by atoms with Gasteiger partial charge < -0.3 is 0 Å². The average molecular weight is 353 g/mol. The average Bonchev–Trinajstić information content (AvgIpc) is 3.06. The first-order chi connectivity index (χ1) is 12.8. The highest BCUT2D eigenvalue weighted by Crippen LogP contribution is 2.40. The quantitative estimate of drug-likeness (QED) is 0.287. The van der Waals surface area contributed by atoms with Gasteiger partial charge in [0.2, 0.25) is 0 Å². The maximum atomic E-state index is 2.33. The largest absolute Gasteiger partial charge is 0.135 e. The lowest BCUT2D eigenvalue weighted by molar-refractivity contribution is 0.962. The predicted molar refractivity (Wildman–Crippen MR) is 118 cm³/mol. The van der Waals surface area contributed by atoms with Gasteiger partial charge in [-0.25, -0.2) is 0 Å². The van der Waals surface area contributed by atoms with Crippen LogP contribution in [0.3, 0.4) is 0 Å². The molecule has 0 saturated carbocycles. The van der Waals surface area contributed by atoms with Crippen LogP contribution >= 0.6 is 11.3 Å². The van der Waals surface area contributed by atoms with Gasteiger partial charge in [-0.05, 0) is 34.2 Å². The smallest absolute Gasteiger partial charge is 0.0434 e. The number of allylic oxidation sites excluding steroid dienone is 1. The van der Waals surface area contributed by atoms with E-state index in [9.17, 15) is 0 Å². The van der Waals surface area contributed by atoms with Crippen LogP contribution in [0, 0.1) is 0 Å². The minimum atomic E-state index is 1.14. The lowest BCUT2D eigenvalue weighted by Crippen LogP contribution is -1.77. The van der Waals surface area contributed by atoms with Gasteiger partial charge >= 0.3 is 0 Å². The van der Waals surface area contributed by atoms with E-state index in [1.807, 2.05) is 11.3 Å². The van der Waals surface area contributed by atoms with Crippen LogP contribution in [0.25, 0.3) is 47.8 Å². The molecule has 4 aromatic carbocycles. The molecule has 0 aliphatic rings. The summed E-state index contributed by atoms with van der Waals surface area (Å²) in [5.41, 5.74) is 1.30. The van der Waals surface area contributed by atoms with E-state index in [0.29, 0.717) is 0 Å². The number of unbranched alkanes of at least 4 members (excludes halogenated alkanes) is 1. The van der Waals surface area contributed by atoms with Gasteiger partial charge in [-0.1, -0.05) is 86.2 Å². The molecule has 0 saturated heterocycles. The van der Waals surface area contributed by atoms with Crippen molar-refractivity contribution in [1.29, 1.82) is 0 Å². The zero-order chi connectivity index (χ0) is 17.5. The number of hydrogen-bond acceptors (Lipinski definition) is 1. The summed E-state index contributed by atoms with van der Waals surface area (Å²) < 4.78 is 2.78. The van der Waals surface area contributed by atoms with Gasteiger partial charge in [-0.15, -0.1) is 11.3 Å². The van der Waals surface area contributed by atoms with E-state index >= 15 is 0 Å². The van der Waals surface area contributed by atoms with E-state index < -0.39 is 0 Å². The molecule has 0 atom stereocenters. The molecule has 0 radical (unpaired) electrons. The van der Waals surface area contributed by atoms with E-state index in [0.717, 1.165) is 6.42 Å². The second-order valence-corrected chi connectivity index (χ2v) is 7.92. The molecule has 5 aromatic rings. The Bertz CT molecular complexity index is 1290. The number of hydrogen-bond donors (Lipinski definition) is 0. The van der Waals surface area contributed by atoms with Gasteiger partial charge in [-0.2, -0.15) is 0 Å². The van der Waals surface area contributed by atoms with Crippen LogP contribution in [0.5, 0.6) is 0 Å². The van der Waals surface area contributed by atoms with Gasteiger partial charge in [0.25, 0.3) is 0 Å². The highest BCUT2D eigenvalue weighted by atomic mass is 32.1. The van der Waals surface area contributed by atoms with E-state index in [1.54, 1.807) is 0 Å². The van der Waals surface area contributed by atoms with Crippen LogP contribution in [0.1, 0.15) is 25.3 Å². The van der Waals surface area contributed by atoms with Gasteiger partial charge in [0.1, 0.15) is 0 Å². The van der Waals surface area contributed by atoms with Gasteiger partial charge in [0.05, 0.1) is 0 Å². The summed E-state index contributed by atoms with van der Waals surface area (Å²) in [4.78, 5) is 0. The topological polar surface area (TPSA) is 0 Å². The maximum absolute atomic E-state index is 2.33. The predicted octanol–water partition coefficient (Wildman–Crippen LogP) is 8.17. The van der Waals surface area contributed by atoms with Crippen LogP contribution in [-0.2, 0) is 0 Å². The normalized spacial score (nSPS) is 12.2. The van der Waals surface area contributed by atoms with E-state index in [2.05, 4.69) is 85.8 Å². The van der Waals surface area contributed by atoms with Crippen LogP contribution in [0.2, 0.25) is 0 Å². The second-order valence-electron chi connectivity index (χ2n) is 6.87. The van der Waals surface area contributed by atoms with Crippen LogP contribution < -0.4 is 0 Å². The molecule has 1 heterocycles. The van der Waals surface area contributed by atoms with Crippen molar-refractivity contribution in [1.82, 2.24) is 0 Å². The van der Waals surface area contributed by atoms with E-state index in [-0.39, 0.29) is 0 Å². The number of benzene rings is 4. The summed E-state index contributed by atoms with van der Waals surface area (Å²) in [5, 5.41) is 8.11. The van der Waals surface area contributed by atoms with Crippen molar-refractivity contribution < 1.29 is 0 Å². The zero-order valence-electron chi connectivity index (χ0n) is 14.8. The standard InChI is InChI=1S/C25H20S/c1-2-3-4-7-17-10-12-21-23-15-14-20-19-9-6-5-8-18(19)11-13-22(20)25(23)26-24(21)16-17/h4-16H,2-3H2,1H3/b7-4+. The lowest BCUT2D eigenvalue weighted by atomic mass is 10.00. The molecule has 0 spiro atoms. The Kier molecular flexibility index (Phi) is 3.76. The molecule has 0 unspecified atom stereocenters. The Morgan fingerprint density at radius 3 is 2.46 bits per heavy atom. The number of fused-ring (bicyclic) bond motifs is 7. The summed E-state index contributed by atoms with van der Waals surface area (Å²) in [6.07, 6.45) is 6.86. The van der Waals surface area contributed by atoms with Crippen LogP contribution in [0.15, 0.2) is 72.8 Å². The maximum Gasteiger partial charge on any atom is 0.0434 e. The molecule has 1 heteroatoms. The molecule has 0 fully saturated rings. The van der Waals surface area contributed by atoms with Gasteiger partial charge in [0, 0.05) is 25.6 Å². The first-order valence-electron chi connectivity index (χ1n) is 9.28. The fraction of sp³-hybridized carbons (Fsp3) is 0.120. The van der Waals surface area contributed by atoms with Crippen molar-refractivity contribution in [2.24, 2.45) is 0 Å². The minimum Gasteiger partial charge on any atom is -0.135 e. The fourth-order valence-electron chi connectivity index (χ4n) is 3.83.